The molecule has 0 aromatic rings. The number of rotatable bonds is 9. The molecule has 2 N–H and O–H groups in total. The van der Waals surface area contributed by atoms with Crippen LogP contribution in [-0.2, 0) is 4.79 Å². The van der Waals surface area contributed by atoms with Gasteiger partial charge < -0.3 is 10.6 Å². The highest BCUT2D eigenvalue weighted by molar-refractivity contribution is 8.00. The molecule has 4 heteroatoms. The molecule has 3 nitrogen and oxygen atoms in total. The van der Waals surface area contributed by atoms with Gasteiger partial charge in [-0.2, -0.15) is 0 Å². The van der Waals surface area contributed by atoms with Gasteiger partial charge in [-0.15, -0.1) is 11.8 Å². The van der Waals surface area contributed by atoms with Gasteiger partial charge in [0, 0.05) is 6.54 Å². The van der Waals surface area contributed by atoms with Crippen molar-refractivity contribution < 1.29 is 4.79 Å². The fourth-order valence-electron chi connectivity index (χ4n) is 1.10. The van der Waals surface area contributed by atoms with Gasteiger partial charge in [0.15, 0.2) is 0 Å². The van der Waals surface area contributed by atoms with E-state index < -0.39 is 0 Å². The Hall–Kier alpha value is -0.220. The first kappa shape index (κ1) is 14.8. The fraction of sp³-hybridized carbons (Fsp3) is 0.909. The Bertz CT molecular complexity index is 165. The first-order valence-corrected chi connectivity index (χ1v) is 6.81. The normalized spacial score (nSPS) is 12.5. The van der Waals surface area contributed by atoms with Crippen LogP contribution < -0.4 is 10.6 Å². The van der Waals surface area contributed by atoms with E-state index >= 15 is 0 Å². The third kappa shape index (κ3) is 8.75. The van der Waals surface area contributed by atoms with Gasteiger partial charge in [-0.25, -0.2) is 0 Å². The van der Waals surface area contributed by atoms with Crippen LogP contribution in [0.15, 0.2) is 0 Å². The molecular weight excluding hydrogens is 208 g/mol. The van der Waals surface area contributed by atoms with E-state index in [1.54, 1.807) is 11.8 Å². The molecule has 0 aliphatic rings. The van der Waals surface area contributed by atoms with E-state index in [1.807, 2.05) is 14.0 Å². The van der Waals surface area contributed by atoms with Gasteiger partial charge in [-0.05, 0) is 39.1 Å². The van der Waals surface area contributed by atoms with Crippen LogP contribution in [0.5, 0.6) is 0 Å². The predicted molar refractivity (Wildman–Crippen MR) is 68.4 cm³/mol. The minimum atomic E-state index is 0.0890. The van der Waals surface area contributed by atoms with E-state index in [2.05, 4.69) is 17.6 Å². The van der Waals surface area contributed by atoms with E-state index in [0.717, 1.165) is 25.3 Å². The average molecular weight is 232 g/mol. The second-order valence-electron chi connectivity index (χ2n) is 3.61. The number of amides is 1. The minimum absolute atomic E-state index is 0.0890. The Morgan fingerprint density at radius 1 is 1.33 bits per heavy atom. The molecule has 0 aromatic carbocycles. The summed E-state index contributed by atoms with van der Waals surface area (Å²) in [6, 6.07) is 0. The maximum absolute atomic E-state index is 11.5. The fourth-order valence-corrected chi connectivity index (χ4v) is 2.14. The van der Waals surface area contributed by atoms with Crippen LogP contribution in [0, 0.1) is 0 Å². The molecule has 0 spiro atoms. The number of thioether (sulfide) groups is 1. The lowest BCUT2D eigenvalue weighted by Crippen LogP contribution is -2.32. The summed E-state index contributed by atoms with van der Waals surface area (Å²) in [6.07, 6.45) is 3.39. The largest absolute Gasteiger partial charge is 0.355 e. The quantitative estimate of drug-likeness (QED) is 0.594. The van der Waals surface area contributed by atoms with Crippen LogP contribution in [0.4, 0.5) is 0 Å². The summed E-state index contributed by atoms with van der Waals surface area (Å²) in [4.78, 5) is 11.5. The highest BCUT2D eigenvalue weighted by Crippen LogP contribution is 2.12. The SMILES string of the molecule is CCCCSC(C)C(=O)NCCCNC. The van der Waals surface area contributed by atoms with Crippen molar-refractivity contribution in [3.63, 3.8) is 0 Å². The first-order valence-electron chi connectivity index (χ1n) is 5.76. The van der Waals surface area contributed by atoms with Crippen molar-refractivity contribution in [3.05, 3.63) is 0 Å². The molecule has 15 heavy (non-hydrogen) atoms. The molecule has 0 bridgehead atoms. The monoisotopic (exact) mass is 232 g/mol. The van der Waals surface area contributed by atoms with Gasteiger partial charge in [-0.1, -0.05) is 13.3 Å². The molecule has 0 radical (unpaired) electrons. The summed E-state index contributed by atoms with van der Waals surface area (Å²) in [7, 11) is 1.92. The summed E-state index contributed by atoms with van der Waals surface area (Å²) in [6.45, 7) is 5.88. The van der Waals surface area contributed by atoms with Crippen LogP contribution in [0.25, 0.3) is 0 Å². The number of carbonyl (C=O) groups excluding carboxylic acids is 1. The zero-order valence-corrected chi connectivity index (χ0v) is 11.0. The number of hydrogen-bond acceptors (Lipinski definition) is 3. The van der Waals surface area contributed by atoms with Crippen molar-refractivity contribution in [3.8, 4) is 0 Å². The predicted octanol–water partition coefficient (Wildman–Crippen LogP) is 1.63. The molecule has 0 aliphatic heterocycles. The van der Waals surface area contributed by atoms with E-state index in [4.69, 9.17) is 0 Å². The number of unbranched alkanes of at least 4 members (excludes halogenated alkanes) is 1. The summed E-state index contributed by atoms with van der Waals surface area (Å²) in [5.74, 6) is 1.26. The van der Waals surface area contributed by atoms with Crippen molar-refractivity contribution in [2.24, 2.45) is 0 Å². The van der Waals surface area contributed by atoms with Crippen LogP contribution in [-0.4, -0.2) is 37.0 Å². The lowest BCUT2D eigenvalue weighted by atomic mass is 10.4. The first-order chi connectivity index (χ1) is 7.22. The molecule has 0 aliphatic carbocycles. The van der Waals surface area contributed by atoms with Gasteiger partial charge in [-0.3, -0.25) is 4.79 Å². The molecule has 1 atom stereocenters. The molecule has 1 amide bonds. The van der Waals surface area contributed by atoms with E-state index in [1.165, 1.54) is 12.8 Å². The van der Waals surface area contributed by atoms with E-state index in [-0.39, 0.29) is 11.2 Å². The molecule has 0 rings (SSSR count). The van der Waals surface area contributed by atoms with Gasteiger partial charge >= 0.3 is 0 Å². The summed E-state index contributed by atoms with van der Waals surface area (Å²) in [5, 5.41) is 6.09. The molecule has 0 saturated heterocycles. The molecule has 0 fully saturated rings. The summed E-state index contributed by atoms with van der Waals surface area (Å²) >= 11 is 1.75. The minimum Gasteiger partial charge on any atom is -0.355 e. The summed E-state index contributed by atoms with van der Waals surface area (Å²) < 4.78 is 0. The van der Waals surface area contributed by atoms with Crippen LogP contribution in [0.3, 0.4) is 0 Å². The molecule has 1 unspecified atom stereocenters. The number of carbonyl (C=O) groups is 1. The zero-order valence-electron chi connectivity index (χ0n) is 10.1. The maximum atomic E-state index is 11.5. The molecule has 90 valence electrons. The Morgan fingerprint density at radius 2 is 2.07 bits per heavy atom. The van der Waals surface area contributed by atoms with Crippen molar-refractivity contribution in [2.45, 2.75) is 38.4 Å². The third-order valence-corrected chi connectivity index (χ3v) is 3.38. The van der Waals surface area contributed by atoms with E-state index in [0.29, 0.717) is 0 Å². The average Bonchev–Trinajstić information content (AvgIpc) is 2.24. The lowest BCUT2D eigenvalue weighted by Gasteiger charge is -2.11. The van der Waals surface area contributed by atoms with Gasteiger partial charge in [0.1, 0.15) is 0 Å². The smallest absolute Gasteiger partial charge is 0.232 e. The zero-order chi connectivity index (χ0) is 11.5. The molecule has 0 saturated carbocycles. The van der Waals surface area contributed by atoms with Crippen LogP contribution >= 0.6 is 11.8 Å². The second-order valence-corrected chi connectivity index (χ2v) is 5.06. The lowest BCUT2D eigenvalue weighted by molar-refractivity contribution is -0.120. The van der Waals surface area contributed by atoms with Gasteiger partial charge in [0.25, 0.3) is 0 Å². The highest BCUT2D eigenvalue weighted by atomic mass is 32.2. The van der Waals surface area contributed by atoms with Crippen molar-refractivity contribution in [1.82, 2.24) is 10.6 Å². The van der Waals surface area contributed by atoms with Crippen LogP contribution in [0.2, 0.25) is 0 Å². The van der Waals surface area contributed by atoms with E-state index in [9.17, 15) is 4.79 Å². The number of hydrogen-bond donors (Lipinski definition) is 2. The Morgan fingerprint density at radius 3 is 2.67 bits per heavy atom. The van der Waals surface area contributed by atoms with Crippen molar-refractivity contribution in [2.75, 3.05) is 25.9 Å². The Kier molecular flexibility index (Phi) is 10.2. The highest BCUT2D eigenvalue weighted by Gasteiger charge is 2.11. The summed E-state index contributed by atoms with van der Waals surface area (Å²) in [5.41, 5.74) is 0. The Labute approximate surface area is 97.8 Å². The van der Waals surface area contributed by atoms with Crippen molar-refractivity contribution in [1.29, 1.82) is 0 Å². The van der Waals surface area contributed by atoms with Gasteiger partial charge in [0.2, 0.25) is 5.91 Å². The second kappa shape index (κ2) is 10.3. The van der Waals surface area contributed by atoms with Crippen molar-refractivity contribution >= 4 is 17.7 Å². The van der Waals surface area contributed by atoms with Crippen LogP contribution in [0.1, 0.15) is 33.1 Å². The molecule has 0 heterocycles. The topological polar surface area (TPSA) is 41.1 Å². The maximum Gasteiger partial charge on any atom is 0.232 e. The standard InChI is InChI=1S/C11H24N2OS/c1-4-5-9-15-10(2)11(14)13-8-6-7-12-3/h10,12H,4-9H2,1-3H3,(H,13,14). The molecular formula is C11H24N2OS. The number of nitrogens with one attached hydrogen (secondary N) is 2. The molecule has 0 aromatic heterocycles. The Balaban J connectivity index is 3.42. The third-order valence-electron chi connectivity index (χ3n) is 2.14. The van der Waals surface area contributed by atoms with Gasteiger partial charge in [0.05, 0.1) is 5.25 Å².